The van der Waals surface area contributed by atoms with E-state index in [2.05, 4.69) is 30.2 Å². The lowest BCUT2D eigenvalue weighted by Gasteiger charge is -2.09. The molecule has 9 heteroatoms. The fraction of sp³-hybridized carbons (Fsp3) is 0.364. The molecule has 2 N–H and O–H groups in total. The Labute approximate surface area is 119 Å². The Morgan fingerprint density at radius 2 is 2.15 bits per heavy atom. The van der Waals surface area contributed by atoms with Gasteiger partial charge in [0.05, 0.1) is 6.10 Å². The largest absolute Gasteiger partial charge is 0.461 e. The number of nitrogens with zero attached hydrogens (tertiary/aromatic N) is 4. The molecule has 0 saturated carbocycles. The van der Waals surface area contributed by atoms with Crippen LogP contribution in [0.4, 0.5) is 5.95 Å². The number of hydrogen-bond acceptors (Lipinski definition) is 8. The molecule has 0 saturated heterocycles. The number of anilines is 1. The van der Waals surface area contributed by atoms with Crippen LogP contribution in [-0.4, -0.2) is 38.1 Å². The minimum atomic E-state index is -0.232. The summed E-state index contributed by atoms with van der Waals surface area (Å²) in [6.07, 6.45) is 1.38. The Bertz CT molecular complexity index is 645. The number of rotatable bonds is 5. The minimum Gasteiger partial charge on any atom is -0.461 e. The van der Waals surface area contributed by atoms with Gasteiger partial charge in [-0.15, -0.1) is 0 Å². The number of aromatic amines is 1. The number of nitrogens with one attached hydrogen (secondary N) is 2. The van der Waals surface area contributed by atoms with E-state index < -0.39 is 0 Å². The van der Waals surface area contributed by atoms with Crippen molar-refractivity contribution in [2.45, 2.75) is 30.3 Å². The van der Waals surface area contributed by atoms with Crippen LogP contribution >= 0.6 is 11.8 Å². The molecule has 0 radical (unpaired) electrons. The first-order valence-electron chi connectivity index (χ1n) is 5.90. The van der Waals surface area contributed by atoms with E-state index >= 15 is 0 Å². The van der Waals surface area contributed by atoms with Crippen LogP contribution in [0.3, 0.4) is 0 Å². The smallest absolute Gasteiger partial charge is 0.322 e. The van der Waals surface area contributed by atoms with Gasteiger partial charge in [-0.1, -0.05) is 0 Å². The molecule has 0 aromatic carbocycles. The van der Waals surface area contributed by atoms with E-state index in [1.54, 1.807) is 7.05 Å². The van der Waals surface area contributed by atoms with E-state index in [0.29, 0.717) is 16.3 Å². The third-order valence-corrected chi connectivity index (χ3v) is 2.76. The maximum Gasteiger partial charge on any atom is 0.322 e. The van der Waals surface area contributed by atoms with Crippen molar-refractivity contribution < 1.29 is 4.74 Å². The summed E-state index contributed by atoms with van der Waals surface area (Å²) >= 11 is 1.12. The van der Waals surface area contributed by atoms with E-state index in [0.717, 1.165) is 11.8 Å². The highest BCUT2D eigenvalue weighted by Crippen LogP contribution is 2.22. The predicted octanol–water partition coefficient (Wildman–Crippen LogP) is 0.935. The lowest BCUT2D eigenvalue weighted by atomic mass is 10.5. The van der Waals surface area contributed by atoms with Gasteiger partial charge in [-0.05, 0) is 25.6 Å². The Hall–Kier alpha value is -2.16. The first kappa shape index (κ1) is 14.3. The Kier molecular flexibility index (Phi) is 4.51. The molecular weight excluding hydrogens is 280 g/mol. The lowest BCUT2D eigenvalue weighted by molar-refractivity contribution is 0.219. The second-order valence-corrected chi connectivity index (χ2v) is 4.94. The highest BCUT2D eigenvalue weighted by molar-refractivity contribution is 7.99. The molecule has 2 heterocycles. The van der Waals surface area contributed by atoms with Crippen molar-refractivity contribution in [3.8, 4) is 6.01 Å². The van der Waals surface area contributed by atoms with Gasteiger partial charge >= 0.3 is 6.01 Å². The van der Waals surface area contributed by atoms with Crippen molar-refractivity contribution in [1.82, 2.24) is 24.9 Å². The molecule has 2 aromatic heterocycles. The van der Waals surface area contributed by atoms with Gasteiger partial charge < -0.3 is 15.0 Å². The van der Waals surface area contributed by atoms with Crippen LogP contribution < -0.4 is 15.6 Å². The quantitative estimate of drug-likeness (QED) is 0.785. The molecule has 20 heavy (non-hydrogen) atoms. The van der Waals surface area contributed by atoms with E-state index in [-0.39, 0.29) is 17.7 Å². The number of hydrogen-bond donors (Lipinski definition) is 2. The molecule has 0 fully saturated rings. The third-order valence-electron chi connectivity index (χ3n) is 1.99. The summed E-state index contributed by atoms with van der Waals surface area (Å²) in [5, 5.41) is 3.62. The molecule has 0 unspecified atom stereocenters. The van der Waals surface area contributed by atoms with Crippen LogP contribution in [0, 0.1) is 0 Å². The number of aromatic nitrogens is 5. The zero-order chi connectivity index (χ0) is 14.5. The van der Waals surface area contributed by atoms with Crippen molar-refractivity contribution in [3.63, 3.8) is 0 Å². The van der Waals surface area contributed by atoms with E-state index in [9.17, 15) is 4.79 Å². The fourth-order valence-electron chi connectivity index (χ4n) is 1.25. The van der Waals surface area contributed by atoms with Gasteiger partial charge in [0.25, 0.3) is 5.56 Å². The monoisotopic (exact) mass is 294 g/mol. The maximum atomic E-state index is 11.2. The molecule has 8 nitrogen and oxygen atoms in total. The summed E-state index contributed by atoms with van der Waals surface area (Å²) < 4.78 is 5.45. The predicted molar refractivity (Wildman–Crippen MR) is 74.1 cm³/mol. The summed E-state index contributed by atoms with van der Waals surface area (Å²) in [4.78, 5) is 30.3. The van der Waals surface area contributed by atoms with Gasteiger partial charge in [0.15, 0.2) is 5.16 Å². The molecule has 106 valence electrons. The molecule has 2 rings (SSSR count). The Morgan fingerprint density at radius 3 is 2.80 bits per heavy atom. The third kappa shape index (κ3) is 3.92. The molecule has 0 bridgehead atoms. The highest BCUT2D eigenvalue weighted by Gasteiger charge is 2.10. The fourth-order valence-corrected chi connectivity index (χ4v) is 1.94. The Balaban J connectivity index is 2.28. The van der Waals surface area contributed by atoms with Crippen molar-refractivity contribution in [3.05, 3.63) is 22.6 Å². The molecule has 0 spiro atoms. The van der Waals surface area contributed by atoms with Gasteiger partial charge in [0.1, 0.15) is 0 Å². The standard InChI is InChI=1S/C11H14N6O2S/c1-6(2)19-9-15-8(12-3)16-11(17-9)20-10-13-5-4-7(18)14-10/h4-6H,1-3H3,(H,13,14,18)(H,12,15,16,17). The van der Waals surface area contributed by atoms with Crippen LogP contribution in [0.15, 0.2) is 27.4 Å². The molecule has 0 amide bonds. The zero-order valence-electron chi connectivity index (χ0n) is 11.2. The van der Waals surface area contributed by atoms with Crippen LogP contribution in [0.25, 0.3) is 0 Å². The second kappa shape index (κ2) is 6.33. The average Bonchev–Trinajstić information content (AvgIpc) is 2.37. The average molecular weight is 294 g/mol. The van der Waals surface area contributed by atoms with Gasteiger partial charge in [-0.25, -0.2) is 4.98 Å². The van der Waals surface area contributed by atoms with Crippen LogP contribution in [-0.2, 0) is 0 Å². The van der Waals surface area contributed by atoms with Crippen LogP contribution in [0.2, 0.25) is 0 Å². The lowest BCUT2D eigenvalue weighted by Crippen LogP contribution is -2.11. The highest BCUT2D eigenvalue weighted by atomic mass is 32.2. The summed E-state index contributed by atoms with van der Waals surface area (Å²) in [5.74, 6) is 0.386. The van der Waals surface area contributed by atoms with Crippen LogP contribution in [0.1, 0.15) is 13.8 Å². The Morgan fingerprint density at radius 1 is 1.35 bits per heavy atom. The zero-order valence-corrected chi connectivity index (χ0v) is 12.1. The van der Waals surface area contributed by atoms with Gasteiger partial charge in [0, 0.05) is 19.3 Å². The first-order valence-corrected chi connectivity index (χ1v) is 6.72. The number of ether oxygens (including phenoxy) is 1. The first-order chi connectivity index (χ1) is 9.56. The topological polar surface area (TPSA) is 106 Å². The van der Waals surface area contributed by atoms with Crippen molar-refractivity contribution in [2.75, 3.05) is 12.4 Å². The summed E-state index contributed by atoms with van der Waals surface area (Å²) in [6.45, 7) is 3.76. The van der Waals surface area contributed by atoms with Crippen molar-refractivity contribution in [1.29, 1.82) is 0 Å². The van der Waals surface area contributed by atoms with E-state index in [1.165, 1.54) is 12.3 Å². The van der Waals surface area contributed by atoms with Crippen molar-refractivity contribution >= 4 is 17.7 Å². The molecule has 0 aliphatic rings. The molecule has 0 aliphatic heterocycles. The summed E-state index contributed by atoms with van der Waals surface area (Å²) in [6, 6.07) is 1.56. The van der Waals surface area contributed by atoms with Crippen LogP contribution in [0.5, 0.6) is 6.01 Å². The van der Waals surface area contributed by atoms with Gasteiger partial charge in [-0.3, -0.25) is 4.79 Å². The molecule has 0 aliphatic carbocycles. The van der Waals surface area contributed by atoms with Gasteiger partial charge in [-0.2, -0.15) is 15.0 Å². The van der Waals surface area contributed by atoms with Gasteiger partial charge in [0.2, 0.25) is 11.1 Å². The maximum absolute atomic E-state index is 11.2. The summed E-state index contributed by atoms with van der Waals surface area (Å²) in [5.41, 5.74) is -0.232. The second-order valence-electron chi connectivity index (χ2n) is 3.98. The van der Waals surface area contributed by atoms with E-state index in [4.69, 9.17) is 4.74 Å². The molecular formula is C11H14N6O2S. The normalized spacial score (nSPS) is 10.6. The van der Waals surface area contributed by atoms with Crippen molar-refractivity contribution in [2.24, 2.45) is 0 Å². The summed E-state index contributed by atoms with van der Waals surface area (Å²) in [7, 11) is 1.70. The molecule has 2 aromatic rings. The SMILES string of the molecule is CNc1nc(OC(C)C)nc(Sc2nccc(=O)[nH]2)n1. The molecule has 0 atom stereocenters. The number of H-pyrrole nitrogens is 1. The minimum absolute atomic E-state index is 0.0467. The van der Waals surface area contributed by atoms with E-state index in [1.807, 2.05) is 13.8 Å².